The summed E-state index contributed by atoms with van der Waals surface area (Å²) in [5, 5.41) is 9.33. The number of aromatic nitrogens is 4. The summed E-state index contributed by atoms with van der Waals surface area (Å²) in [6.45, 7) is 8.20. The molecule has 1 aliphatic carbocycles. The molecule has 1 aliphatic heterocycles. The summed E-state index contributed by atoms with van der Waals surface area (Å²) in [7, 11) is 1.63. The standard InChI is InChI=1S/C28H34N6O4/c1-26(2,37-11-10-36-4)23-14-31-24(15-30-23)34-18-28(38-25(34)35)9-5-8-27(3,16-28)17-33-19-32-21-7-6-20(13-29)12-22(21)33/h6-7,12,14-15,19H,5,8-11,16-18H2,1-4H3/t27-,28-/m0/s1. The molecule has 0 radical (unpaired) electrons. The second kappa shape index (κ2) is 9.97. The number of nitriles is 1. The normalized spacial score (nSPS) is 23.7. The largest absolute Gasteiger partial charge is 0.441 e. The number of methoxy groups -OCH3 is 1. The van der Waals surface area contributed by atoms with E-state index in [1.165, 1.54) is 0 Å². The molecule has 1 saturated carbocycles. The third kappa shape index (κ3) is 5.08. The third-order valence-corrected chi connectivity index (χ3v) is 7.72. The highest BCUT2D eigenvalue weighted by Gasteiger charge is 2.52. The van der Waals surface area contributed by atoms with E-state index in [4.69, 9.17) is 14.2 Å². The number of carbonyl (C=O) groups is 1. The first-order valence-electron chi connectivity index (χ1n) is 13.0. The van der Waals surface area contributed by atoms with Crippen molar-refractivity contribution < 1.29 is 19.0 Å². The van der Waals surface area contributed by atoms with E-state index in [9.17, 15) is 10.1 Å². The zero-order valence-electron chi connectivity index (χ0n) is 22.4. The van der Waals surface area contributed by atoms with Crippen molar-refractivity contribution in [2.24, 2.45) is 5.41 Å². The van der Waals surface area contributed by atoms with Gasteiger partial charge in [0, 0.05) is 13.7 Å². The first-order chi connectivity index (χ1) is 18.2. The van der Waals surface area contributed by atoms with Gasteiger partial charge in [0.1, 0.15) is 11.2 Å². The highest BCUT2D eigenvalue weighted by Crippen LogP contribution is 2.47. The fraction of sp³-hybridized carbons (Fsp3) is 0.536. The van der Waals surface area contributed by atoms with Gasteiger partial charge in [0.2, 0.25) is 0 Å². The number of nitrogens with zero attached hydrogens (tertiary/aromatic N) is 6. The number of rotatable bonds is 8. The van der Waals surface area contributed by atoms with Gasteiger partial charge < -0.3 is 18.8 Å². The van der Waals surface area contributed by atoms with Crippen LogP contribution < -0.4 is 4.90 Å². The minimum Gasteiger partial charge on any atom is -0.441 e. The Morgan fingerprint density at radius 2 is 2.03 bits per heavy atom. The molecule has 38 heavy (non-hydrogen) atoms. The predicted octanol–water partition coefficient (Wildman–Crippen LogP) is 4.57. The van der Waals surface area contributed by atoms with Crippen LogP contribution in [0.25, 0.3) is 11.0 Å². The molecule has 3 aromatic rings. The van der Waals surface area contributed by atoms with Crippen molar-refractivity contribution in [2.75, 3.05) is 31.8 Å². The van der Waals surface area contributed by atoms with E-state index in [0.29, 0.717) is 36.8 Å². The zero-order chi connectivity index (χ0) is 27.0. The fourth-order valence-electron chi connectivity index (χ4n) is 5.84. The fourth-order valence-corrected chi connectivity index (χ4v) is 5.84. The second-order valence-electron chi connectivity index (χ2n) is 11.3. The van der Waals surface area contributed by atoms with Crippen LogP contribution in [0.4, 0.5) is 10.6 Å². The molecule has 1 amide bonds. The van der Waals surface area contributed by atoms with Crippen LogP contribution in [0, 0.1) is 16.7 Å². The minimum absolute atomic E-state index is 0.107. The smallest absolute Gasteiger partial charge is 0.416 e. The van der Waals surface area contributed by atoms with Gasteiger partial charge in [-0.3, -0.25) is 9.88 Å². The van der Waals surface area contributed by atoms with E-state index in [2.05, 4.69) is 32.5 Å². The van der Waals surface area contributed by atoms with E-state index in [1.54, 1.807) is 30.5 Å². The number of anilines is 1. The van der Waals surface area contributed by atoms with Crippen LogP contribution in [-0.4, -0.2) is 58.1 Å². The lowest BCUT2D eigenvalue weighted by atomic mass is 9.68. The molecule has 0 bridgehead atoms. The number of carbonyl (C=O) groups excluding carboxylic acids is 1. The van der Waals surface area contributed by atoms with Crippen LogP contribution in [0.3, 0.4) is 0 Å². The maximum Gasteiger partial charge on any atom is 0.416 e. The maximum absolute atomic E-state index is 13.0. The Labute approximate surface area is 222 Å². The first kappa shape index (κ1) is 26.1. The average Bonchev–Trinajstić information content (AvgIpc) is 3.43. The van der Waals surface area contributed by atoms with Gasteiger partial charge in [-0.05, 0) is 63.1 Å². The molecule has 10 heteroatoms. The van der Waals surface area contributed by atoms with E-state index >= 15 is 0 Å². The van der Waals surface area contributed by atoms with Gasteiger partial charge in [-0.1, -0.05) is 6.92 Å². The highest BCUT2D eigenvalue weighted by molar-refractivity contribution is 5.89. The van der Waals surface area contributed by atoms with Crippen LogP contribution in [-0.2, 0) is 26.4 Å². The highest BCUT2D eigenvalue weighted by atomic mass is 16.6. The van der Waals surface area contributed by atoms with Gasteiger partial charge in [-0.2, -0.15) is 5.26 Å². The van der Waals surface area contributed by atoms with Crippen LogP contribution in [0.1, 0.15) is 57.7 Å². The average molecular weight is 519 g/mol. The minimum atomic E-state index is -0.631. The number of amides is 1. The Bertz CT molecular complexity index is 1360. The van der Waals surface area contributed by atoms with Crippen molar-refractivity contribution in [1.82, 2.24) is 19.5 Å². The molecule has 2 atom stereocenters. The van der Waals surface area contributed by atoms with Crippen molar-refractivity contribution in [3.8, 4) is 6.07 Å². The molecule has 2 aliphatic rings. The molecular weight excluding hydrogens is 484 g/mol. The van der Waals surface area contributed by atoms with E-state index in [-0.39, 0.29) is 5.41 Å². The molecule has 200 valence electrons. The number of benzene rings is 1. The zero-order valence-corrected chi connectivity index (χ0v) is 22.4. The van der Waals surface area contributed by atoms with E-state index < -0.39 is 17.3 Å². The number of imidazole rings is 1. The van der Waals surface area contributed by atoms with Gasteiger partial charge in [0.25, 0.3) is 0 Å². The van der Waals surface area contributed by atoms with E-state index in [0.717, 1.165) is 43.3 Å². The van der Waals surface area contributed by atoms with Crippen LogP contribution in [0.5, 0.6) is 0 Å². The Morgan fingerprint density at radius 1 is 1.18 bits per heavy atom. The molecular formula is C28H34N6O4. The summed E-state index contributed by atoms with van der Waals surface area (Å²) in [4.78, 5) is 28.2. The van der Waals surface area contributed by atoms with Crippen molar-refractivity contribution in [3.63, 3.8) is 0 Å². The molecule has 0 N–H and O–H groups in total. The molecule has 2 aromatic heterocycles. The van der Waals surface area contributed by atoms with E-state index in [1.807, 2.05) is 32.3 Å². The molecule has 1 saturated heterocycles. The summed E-state index contributed by atoms with van der Waals surface area (Å²) in [5.74, 6) is 0.472. The Morgan fingerprint density at radius 3 is 2.76 bits per heavy atom. The summed E-state index contributed by atoms with van der Waals surface area (Å²) in [6.07, 6.45) is 8.21. The predicted molar refractivity (Wildman–Crippen MR) is 140 cm³/mol. The topological polar surface area (TPSA) is 115 Å². The Balaban J connectivity index is 1.31. The number of hydrogen-bond acceptors (Lipinski definition) is 8. The van der Waals surface area contributed by atoms with Crippen LogP contribution in [0.2, 0.25) is 0 Å². The monoisotopic (exact) mass is 518 g/mol. The molecule has 1 spiro atoms. The number of fused-ring (bicyclic) bond motifs is 1. The summed E-state index contributed by atoms with van der Waals surface area (Å²) < 4.78 is 19.1. The van der Waals surface area contributed by atoms with Crippen molar-refractivity contribution in [3.05, 3.63) is 48.2 Å². The Kier molecular flexibility index (Phi) is 6.84. The van der Waals surface area contributed by atoms with Gasteiger partial charge in [-0.25, -0.2) is 14.8 Å². The Hall–Kier alpha value is -3.55. The molecule has 0 unspecified atom stereocenters. The lowest BCUT2D eigenvalue weighted by molar-refractivity contribution is -0.0459. The van der Waals surface area contributed by atoms with Crippen molar-refractivity contribution in [1.29, 1.82) is 5.26 Å². The third-order valence-electron chi connectivity index (χ3n) is 7.72. The molecule has 5 rings (SSSR count). The van der Waals surface area contributed by atoms with Gasteiger partial charge in [0.05, 0.1) is 66.8 Å². The SMILES string of the molecule is COCCOC(C)(C)c1cnc(N2C[C@@]3(CCC[C@](C)(Cn4cnc5ccc(C#N)cc54)C3)OC2=O)cn1. The molecule has 10 nitrogen and oxygen atoms in total. The van der Waals surface area contributed by atoms with Gasteiger partial charge in [0.15, 0.2) is 5.82 Å². The maximum atomic E-state index is 13.0. The molecule has 3 heterocycles. The summed E-state index contributed by atoms with van der Waals surface area (Å²) in [5.41, 5.74) is 1.78. The van der Waals surface area contributed by atoms with Crippen molar-refractivity contribution >= 4 is 22.9 Å². The first-order valence-corrected chi connectivity index (χ1v) is 13.0. The number of ether oxygens (including phenoxy) is 3. The second-order valence-corrected chi connectivity index (χ2v) is 11.3. The van der Waals surface area contributed by atoms with Crippen LogP contribution >= 0.6 is 0 Å². The van der Waals surface area contributed by atoms with Crippen LogP contribution in [0.15, 0.2) is 36.9 Å². The molecule has 2 fully saturated rings. The molecule has 1 aromatic carbocycles. The van der Waals surface area contributed by atoms with Gasteiger partial charge >= 0.3 is 6.09 Å². The quantitative estimate of drug-likeness (QED) is 0.398. The van der Waals surface area contributed by atoms with Crippen molar-refractivity contribution in [2.45, 2.75) is 64.2 Å². The lowest BCUT2D eigenvalue weighted by Gasteiger charge is -2.43. The van der Waals surface area contributed by atoms with Gasteiger partial charge in [-0.15, -0.1) is 0 Å². The number of hydrogen-bond donors (Lipinski definition) is 0. The summed E-state index contributed by atoms with van der Waals surface area (Å²) in [6, 6.07) is 7.76. The summed E-state index contributed by atoms with van der Waals surface area (Å²) >= 11 is 0. The lowest BCUT2D eigenvalue weighted by Crippen LogP contribution is -2.45.